The van der Waals surface area contributed by atoms with Gasteiger partial charge in [0.05, 0.1) is 11.5 Å². The molecule has 2 heterocycles. The summed E-state index contributed by atoms with van der Waals surface area (Å²) in [6, 6.07) is 16.7. The standard InChI is InChI=1S/C23H23N5O3/c1-13(2)14-8-10-16(11-9-14)24-21(30)17-12-18(29)26-20-19(17)22(31)28-23(27-20)25-15-6-4-3-5-7-15/h3-11,13,17H,12H2,1-2H3,(H,24,30)(H3,25,26,27,28,29,31). The summed E-state index contributed by atoms with van der Waals surface area (Å²) in [5.41, 5.74) is 2.16. The maximum atomic E-state index is 12.9. The SMILES string of the molecule is CC(C)c1ccc(NC(=O)C2CC(=O)Nc3nc(Nc4ccccc4)[nH]c(=O)c32)cc1. The molecule has 8 heteroatoms. The van der Waals surface area contributed by atoms with Crippen LogP contribution in [0, 0.1) is 0 Å². The fourth-order valence-electron chi connectivity index (χ4n) is 3.49. The van der Waals surface area contributed by atoms with E-state index in [4.69, 9.17) is 0 Å². The number of H-pyrrole nitrogens is 1. The van der Waals surface area contributed by atoms with Gasteiger partial charge in [0.1, 0.15) is 5.82 Å². The number of carbonyl (C=O) groups excluding carboxylic acids is 2. The molecule has 0 saturated carbocycles. The monoisotopic (exact) mass is 417 g/mol. The molecule has 1 aromatic heterocycles. The topological polar surface area (TPSA) is 116 Å². The fourth-order valence-corrected chi connectivity index (χ4v) is 3.49. The van der Waals surface area contributed by atoms with Crippen molar-refractivity contribution in [2.45, 2.75) is 32.1 Å². The van der Waals surface area contributed by atoms with Gasteiger partial charge in [-0.3, -0.25) is 19.4 Å². The third-order valence-electron chi connectivity index (χ3n) is 5.15. The lowest BCUT2D eigenvalue weighted by molar-refractivity contribution is -0.123. The van der Waals surface area contributed by atoms with Gasteiger partial charge in [-0.1, -0.05) is 44.2 Å². The van der Waals surface area contributed by atoms with E-state index in [1.165, 1.54) is 0 Å². The van der Waals surface area contributed by atoms with Gasteiger partial charge in [0.15, 0.2) is 0 Å². The Kier molecular flexibility index (Phi) is 5.53. The molecule has 1 aliphatic rings. The summed E-state index contributed by atoms with van der Waals surface area (Å²) in [6.45, 7) is 4.18. The zero-order chi connectivity index (χ0) is 22.0. The minimum absolute atomic E-state index is 0.0914. The molecule has 3 aromatic rings. The van der Waals surface area contributed by atoms with E-state index >= 15 is 0 Å². The largest absolute Gasteiger partial charge is 0.326 e. The Morgan fingerprint density at radius 3 is 2.42 bits per heavy atom. The van der Waals surface area contributed by atoms with Crippen LogP contribution in [-0.4, -0.2) is 21.8 Å². The number of hydrogen-bond donors (Lipinski definition) is 4. The minimum Gasteiger partial charge on any atom is -0.326 e. The second-order valence-electron chi connectivity index (χ2n) is 7.74. The van der Waals surface area contributed by atoms with Crippen molar-refractivity contribution in [1.29, 1.82) is 0 Å². The van der Waals surface area contributed by atoms with Crippen LogP contribution >= 0.6 is 0 Å². The Labute approximate surface area is 179 Å². The molecule has 0 fully saturated rings. The van der Waals surface area contributed by atoms with E-state index in [9.17, 15) is 14.4 Å². The summed E-state index contributed by atoms with van der Waals surface area (Å²) < 4.78 is 0. The number of fused-ring (bicyclic) bond motifs is 1. The second-order valence-corrected chi connectivity index (χ2v) is 7.74. The van der Waals surface area contributed by atoms with E-state index in [0.29, 0.717) is 11.6 Å². The van der Waals surface area contributed by atoms with Gasteiger partial charge in [0.25, 0.3) is 5.56 Å². The molecule has 0 radical (unpaired) electrons. The molecule has 1 unspecified atom stereocenters. The van der Waals surface area contributed by atoms with Gasteiger partial charge >= 0.3 is 0 Å². The predicted molar refractivity (Wildman–Crippen MR) is 120 cm³/mol. The van der Waals surface area contributed by atoms with Crippen LogP contribution in [0.1, 0.15) is 43.2 Å². The summed E-state index contributed by atoms with van der Waals surface area (Å²) in [5.74, 6) is -1.08. The molecule has 0 spiro atoms. The number of aromatic nitrogens is 2. The molecule has 0 aliphatic carbocycles. The Balaban J connectivity index is 1.60. The lowest BCUT2D eigenvalue weighted by Gasteiger charge is -2.23. The first-order valence-electron chi connectivity index (χ1n) is 10.1. The van der Waals surface area contributed by atoms with Gasteiger partial charge in [-0.25, -0.2) is 0 Å². The van der Waals surface area contributed by atoms with Crippen LogP contribution in [0.5, 0.6) is 0 Å². The van der Waals surface area contributed by atoms with Crippen LogP contribution in [0.15, 0.2) is 59.4 Å². The molecule has 158 valence electrons. The summed E-state index contributed by atoms with van der Waals surface area (Å²) >= 11 is 0. The van der Waals surface area contributed by atoms with Crippen LogP contribution in [0.3, 0.4) is 0 Å². The first kappa shape index (κ1) is 20.3. The lowest BCUT2D eigenvalue weighted by Crippen LogP contribution is -2.36. The Bertz CT molecular complexity index is 1170. The first-order valence-corrected chi connectivity index (χ1v) is 10.1. The van der Waals surface area contributed by atoms with Crippen molar-refractivity contribution in [3.8, 4) is 0 Å². The molecule has 2 aromatic carbocycles. The van der Waals surface area contributed by atoms with Crippen molar-refractivity contribution in [2.75, 3.05) is 16.0 Å². The Morgan fingerprint density at radius 1 is 1.03 bits per heavy atom. The van der Waals surface area contributed by atoms with Crippen molar-refractivity contribution in [3.63, 3.8) is 0 Å². The fraction of sp³-hybridized carbons (Fsp3) is 0.217. The quantitative estimate of drug-likeness (QED) is 0.505. The molecule has 31 heavy (non-hydrogen) atoms. The summed E-state index contributed by atoms with van der Waals surface area (Å²) in [6.07, 6.45) is -0.126. The number of nitrogens with zero attached hydrogens (tertiary/aromatic N) is 1. The Hall–Kier alpha value is -3.94. The maximum Gasteiger partial charge on any atom is 0.258 e. The lowest BCUT2D eigenvalue weighted by atomic mass is 9.92. The van der Waals surface area contributed by atoms with Gasteiger partial charge in [-0.15, -0.1) is 0 Å². The van der Waals surface area contributed by atoms with Crippen molar-refractivity contribution in [3.05, 3.63) is 76.1 Å². The van der Waals surface area contributed by atoms with Crippen molar-refractivity contribution >= 4 is 35.0 Å². The number of amides is 2. The van der Waals surface area contributed by atoms with Crippen LogP contribution in [0.4, 0.5) is 23.1 Å². The van der Waals surface area contributed by atoms with Crippen molar-refractivity contribution < 1.29 is 9.59 Å². The minimum atomic E-state index is -0.935. The van der Waals surface area contributed by atoms with E-state index < -0.39 is 17.4 Å². The number of carbonyl (C=O) groups is 2. The molecular formula is C23H23N5O3. The van der Waals surface area contributed by atoms with E-state index in [2.05, 4.69) is 39.8 Å². The van der Waals surface area contributed by atoms with Gasteiger partial charge in [0.2, 0.25) is 17.8 Å². The highest BCUT2D eigenvalue weighted by atomic mass is 16.2. The normalized spacial score (nSPS) is 15.2. The number of nitrogens with one attached hydrogen (secondary N) is 4. The van der Waals surface area contributed by atoms with Gasteiger partial charge in [-0.2, -0.15) is 4.98 Å². The van der Waals surface area contributed by atoms with Crippen molar-refractivity contribution in [1.82, 2.24) is 9.97 Å². The van der Waals surface area contributed by atoms with Crippen LogP contribution in [0.2, 0.25) is 0 Å². The number of rotatable bonds is 5. The molecule has 1 atom stereocenters. The van der Waals surface area contributed by atoms with E-state index in [1.54, 1.807) is 0 Å². The highest BCUT2D eigenvalue weighted by Gasteiger charge is 2.34. The molecule has 1 aliphatic heterocycles. The molecule has 0 saturated heterocycles. The van der Waals surface area contributed by atoms with Crippen LogP contribution in [-0.2, 0) is 9.59 Å². The highest BCUT2D eigenvalue weighted by Crippen LogP contribution is 2.30. The Morgan fingerprint density at radius 2 is 1.74 bits per heavy atom. The number of aromatic amines is 1. The number of hydrogen-bond acceptors (Lipinski definition) is 5. The molecule has 4 N–H and O–H groups in total. The van der Waals surface area contributed by atoms with Gasteiger partial charge in [0, 0.05) is 17.8 Å². The average molecular weight is 417 g/mol. The van der Waals surface area contributed by atoms with Crippen LogP contribution in [0.25, 0.3) is 0 Å². The maximum absolute atomic E-state index is 12.9. The molecular weight excluding hydrogens is 394 g/mol. The molecule has 0 bridgehead atoms. The molecule has 2 amide bonds. The summed E-state index contributed by atoms with van der Waals surface area (Å²) in [7, 11) is 0. The average Bonchev–Trinajstić information content (AvgIpc) is 2.74. The number of anilines is 4. The summed E-state index contributed by atoms with van der Waals surface area (Å²) in [5, 5.41) is 8.40. The first-order chi connectivity index (χ1) is 14.9. The van der Waals surface area contributed by atoms with Crippen LogP contribution < -0.4 is 21.5 Å². The predicted octanol–water partition coefficient (Wildman–Crippen LogP) is 3.70. The van der Waals surface area contributed by atoms with E-state index in [0.717, 1.165) is 11.3 Å². The summed E-state index contributed by atoms with van der Waals surface area (Å²) in [4.78, 5) is 44.9. The number of para-hydroxylation sites is 1. The molecule has 4 rings (SSSR count). The zero-order valence-electron chi connectivity index (χ0n) is 17.2. The smallest absolute Gasteiger partial charge is 0.258 e. The highest BCUT2D eigenvalue weighted by molar-refractivity contribution is 6.04. The molecule has 8 nitrogen and oxygen atoms in total. The van der Waals surface area contributed by atoms with E-state index in [-0.39, 0.29) is 29.7 Å². The van der Waals surface area contributed by atoms with Crippen molar-refractivity contribution in [2.24, 2.45) is 0 Å². The zero-order valence-corrected chi connectivity index (χ0v) is 17.2. The second kappa shape index (κ2) is 8.43. The van der Waals surface area contributed by atoms with Gasteiger partial charge in [-0.05, 0) is 35.7 Å². The number of benzene rings is 2. The third-order valence-corrected chi connectivity index (χ3v) is 5.15. The third kappa shape index (κ3) is 4.48. The van der Waals surface area contributed by atoms with E-state index in [1.807, 2.05) is 54.6 Å². The van der Waals surface area contributed by atoms with Gasteiger partial charge < -0.3 is 16.0 Å².